The largest absolute Gasteiger partial charge is 0.358 e. The molecule has 8 heteroatoms. The van der Waals surface area contributed by atoms with E-state index in [1.807, 2.05) is 19.2 Å². The summed E-state index contributed by atoms with van der Waals surface area (Å²) in [5, 5.41) is 6.78. The van der Waals surface area contributed by atoms with E-state index in [4.69, 9.17) is 0 Å². The summed E-state index contributed by atoms with van der Waals surface area (Å²) in [5.41, 5.74) is 3.47. The van der Waals surface area contributed by atoms with Crippen molar-refractivity contribution in [3.63, 3.8) is 0 Å². The number of likely N-dealkylation sites (N-methyl/N-ethyl adjacent to an activating group) is 1. The number of aromatic amines is 1. The van der Waals surface area contributed by atoms with Crippen LogP contribution in [0.25, 0.3) is 10.9 Å². The van der Waals surface area contributed by atoms with E-state index >= 15 is 0 Å². The average Bonchev–Trinajstić information content (AvgIpc) is 2.84. The van der Waals surface area contributed by atoms with E-state index in [-0.39, 0.29) is 17.7 Å². The summed E-state index contributed by atoms with van der Waals surface area (Å²) in [5.74, 6) is -0.592. The van der Waals surface area contributed by atoms with Gasteiger partial charge >= 0.3 is 0 Å². The standard InChI is InChI=1S/C15H19N3O4S/c1-16-11-4-9(7-23(20,21)22)15-13(6-11)12-5-10(17-8-19)2-3-14(12)18-15/h2-3,5,8-9,11,16,18H,4,6-7H2,1H3,(H,17,19)(H,20,21,22). The van der Waals surface area contributed by atoms with Crippen LogP contribution in [0.4, 0.5) is 5.69 Å². The number of hydrogen-bond acceptors (Lipinski definition) is 4. The summed E-state index contributed by atoms with van der Waals surface area (Å²) in [4.78, 5) is 13.9. The highest BCUT2D eigenvalue weighted by Gasteiger charge is 2.32. The predicted molar refractivity (Wildman–Crippen MR) is 88.3 cm³/mol. The lowest BCUT2D eigenvalue weighted by Gasteiger charge is -2.28. The molecular formula is C15H19N3O4S. The van der Waals surface area contributed by atoms with Gasteiger partial charge in [-0.25, -0.2) is 0 Å². The number of carbonyl (C=O) groups is 1. The highest BCUT2D eigenvalue weighted by molar-refractivity contribution is 7.85. The monoisotopic (exact) mass is 337 g/mol. The van der Waals surface area contributed by atoms with Gasteiger partial charge in [0.15, 0.2) is 0 Å². The Labute approximate surface area is 134 Å². The summed E-state index contributed by atoms with van der Waals surface area (Å²) in [6.45, 7) is 0. The Morgan fingerprint density at radius 2 is 2.22 bits per heavy atom. The van der Waals surface area contributed by atoms with Gasteiger partial charge in [-0.15, -0.1) is 0 Å². The molecule has 1 aliphatic rings. The van der Waals surface area contributed by atoms with E-state index in [1.165, 1.54) is 0 Å². The average molecular weight is 337 g/mol. The highest BCUT2D eigenvalue weighted by Crippen LogP contribution is 2.37. The van der Waals surface area contributed by atoms with E-state index in [0.717, 1.165) is 28.6 Å². The zero-order valence-electron chi connectivity index (χ0n) is 12.7. The smallest absolute Gasteiger partial charge is 0.265 e. The lowest BCUT2D eigenvalue weighted by molar-refractivity contribution is -0.105. The lowest BCUT2D eigenvalue weighted by Crippen LogP contribution is -2.35. The molecule has 1 aromatic carbocycles. The number of aromatic nitrogens is 1. The van der Waals surface area contributed by atoms with Crippen molar-refractivity contribution < 1.29 is 17.8 Å². The number of carbonyl (C=O) groups excluding carboxylic acids is 1. The fourth-order valence-electron chi connectivity index (χ4n) is 3.41. The van der Waals surface area contributed by atoms with E-state index in [0.29, 0.717) is 18.5 Å². The van der Waals surface area contributed by atoms with Crippen molar-refractivity contribution in [2.45, 2.75) is 24.8 Å². The van der Waals surface area contributed by atoms with E-state index in [2.05, 4.69) is 15.6 Å². The molecule has 124 valence electrons. The van der Waals surface area contributed by atoms with Crippen molar-refractivity contribution in [1.29, 1.82) is 0 Å². The third-order valence-corrected chi connectivity index (χ3v) is 5.24. The van der Waals surface area contributed by atoms with Crippen LogP contribution < -0.4 is 10.6 Å². The van der Waals surface area contributed by atoms with Crippen LogP contribution in [0.3, 0.4) is 0 Å². The molecular weight excluding hydrogens is 318 g/mol. The fourth-order valence-corrected chi connectivity index (χ4v) is 4.22. The second-order valence-electron chi connectivity index (χ2n) is 5.91. The van der Waals surface area contributed by atoms with Crippen LogP contribution in [0.5, 0.6) is 0 Å². The summed E-state index contributed by atoms with van der Waals surface area (Å²) in [6.07, 6.45) is 2.02. The Morgan fingerprint density at radius 1 is 1.43 bits per heavy atom. The third kappa shape index (κ3) is 3.24. The first-order valence-electron chi connectivity index (χ1n) is 7.38. The molecule has 4 N–H and O–H groups in total. The van der Waals surface area contributed by atoms with Gasteiger partial charge in [-0.1, -0.05) is 0 Å². The number of amides is 1. The maximum absolute atomic E-state index is 11.3. The molecule has 2 atom stereocenters. The predicted octanol–water partition coefficient (Wildman–Crippen LogP) is 1.24. The minimum atomic E-state index is -4.06. The van der Waals surface area contributed by atoms with Gasteiger partial charge in [-0.05, 0) is 43.7 Å². The van der Waals surface area contributed by atoms with Gasteiger partial charge in [0.1, 0.15) is 0 Å². The van der Waals surface area contributed by atoms with Gasteiger partial charge in [0.05, 0.1) is 5.75 Å². The normalized spacial score (nSPS) is 21.1. The first-order valence-corrected chi connectivity index (χ1v) is 8.99. The maximum Gasteiger partial charge on any atom is 0.265 e. The second kappa shape index (κ2) is 5.95. The first kappa shape index (κ1) is 16.0. The highest BCUT2D eigenvalue weighted by atomic mass is 32.2. The quantitative estimate of drug-likeness (QED) is 0.484. The molecule has 0 saturated heterocycles. The molecule has 7 nitrogen and oxygen atoms in total. The van der Waals surface area contributed by atoms with Gasteiger partial charge < -0.3 is 15.6 Å². The van der Waals surface area contributed by atoms with Crippen LogP contribution in [0.1, 0.15) is 23.6 Å². The number of nitrogens with one attached hydrogen (secondary N) is 3. The van der Waals surface area contributed by atoms with Crippen LogP contribution in [0.2, 0.25) is 0 Å². The topological polar surface area (TPSA) is 111 Å². The molecule has 1 heterocycles. The SMILES string of the molecule is CNC1Cc2c([nH]c3ccc(NC=O)cc23)C(CS(=O)(=O)O)C1. The van der Waals surface area contributed by atoms with Gasteiger partial charge in [0.2, 0.25) is 6.41 Å². The Bertz CT molecular complexity index is 844. The van der Waals surface area contributed by atoms with Crippen LogP contribution in [-0.2, 0) is 21.3 Å². The molecule has 2 unspecified atom stereocenters. The van der Waals surface area contributed by atoms with Crippen LogP contribution in [0.15, 0.2) is 18.2 Å². The Kier molecular flexibility index (Phi) is 4.13. The molecule has 23 heavy (non-hydrogen) atoms. The summed E-state index contributed by atoms with van der Waals surface area (Å²) < 4.78 is 31.9. The van der Waals surface area contributed by atoms with Crippen molar-refractivity contribution in [2.24, 2.45) is 0 Å². The molecule has 0 bridgehead atoms. The zero-order chi connectivity index (χ0) is 16.6. The van der Waals surface area contributed by atoms with Crippen molar-refractivity contribution in [2.75, 3.05) is 18.1 Å². The van der Waals surface area contributed by atoms with Crippen molar-refractivity contribution in [1.82, 2.24) is 10.3 Å². The van der Waals surface area contributed by atoms with Crippen LogP contribution in [0, 0.1) is 0 Å². The van der Waals surface area contributed by atoms with Gasteiger partial charge in [-0.2, -0.15) is 8.42 Å². The third-order valence-electron chi connectivity index (χ3n) is 4.41. The zero-order valence-corrected chi connectivity index (χ0v) is 13.5. The molecule has 1 aliphatic carbocycles. The molecule has 0 saturated carbocycles. The number of rotatable bonds is 5. The minimum Gasteiger partial charge on any atom is -0.358 e. The van der Waals surface area contributed by atoms with Crippen molar-refractivity contribution >= 4 is 33.1 Å². The molecule has 1 aromatic heterocycles. The summed E-state index contributed by atoms with van der Waals surface area (Å²) >= 11 is 0. The molecule has 2 aromatic rings. The van der Waals surface area contributed by atoms with Crippen LogP contribution in [-0.4, -0.2) is 43.2 Å². The van der Waals surface area contributed by atoms with Gasteiger partial charge in [0.25, 0.3) is 10.1 Å². The number of fused-ring (bicyclic) bond motifs is 3. The maximum atomic E-state index is 11.3. The Hall–Kier alpha value is -1.90. The number of hydrogen-bond donors (Lipinski definition) is 4. The lowest BCUT2D eigenvalue weighted by atomic mass is 9.84. The van der Waals surface area contributed by atoms with Crippen molar-refractivity contribution in [3.8, 4) is 0 Å². The number of H-pyrrole nitrogens is 1. The first-order chi connectivity index (χ1) is 10.9. The van der Waals surface area contributed by atoms with E-state index in [9.17, 15) is 17.8 Å². The van der Waals surface area contributed by atoms with E-state index in [1.54, 1.807) is 6.07 Å². The molecule has 1 amide bonds. The van der Waals surface area contributed by atoms with Crippen molar-refractivity contribution in [3.05, 3.63) is 29.5 Å². The summed E-state index contributed by atoms with van der Waals surface area (Å²) in [6, 6.07) is 5.65. The van der Waals surface area contributed by atoms with Gasteiger partial charge in [-0.3, -0.25) is 9.35 Å². The molecule has 0 fully saturated rings. The second-order valence-corrected chi connectivity index (χ2v) is 7.41. The molecule has 0 spiro atoms. The Balaban J connectivity index is 2.10. The number of anilines is 1. The van der Waals surface area contributed by atoms with E-state index < -0.39 is 10.1 Å². The summed E-state index contributed by atoms with van der Waals surface area (Å²) in [7, 11) is -2.22. The molecule has 0 radical (unpaired) electrons. The fraction of sp³-hybridized carbons (Fsp3) is 0.400. The Morgan fingerprint density at radius 3 is 2.87 bits per heavy atom. The van der Waals surface area contributed by atoms with Crippen LogP contribution >= 0.6 is 0 Å². The van der Waals surface area contributed by atoms with Gasteiger partial charge in [0, 0.05) is 34.2 Å². The molecule has 0 aliphatic heterocycles. The number of benzene rings is 1. The minimum absolute atomic E-state index is 0.135. The molecule has 3 rings (SSSR count).